The first-order valence-electron chi connectivity index (χ1n) is 4.46. The van der Waals surface area contributed by atoms with Gasteiger partial charge in [0.1, 0.15) is 0 Å². The summed E-state index contributed by atoms with van der Waals surface area (Å²) in [6, 6.07) is -1.11. The number of hydrogen-bond donors (Lipinski definition) is 2. The quantitative estimate of drug-likeness (QED) is 0.684. The molecule has 4 heteroatoms. The molecule has 3 N–H and O–H groups in total. The first-order chi connectivity index (χ1) is 5.86. The highest BCUT2D eigenvalue weighted by molar-refractivity contribution is 5.89. The number of ketones is 1. The summed E-state index contributed by atoms with van der Waals surface area (Å²) in [6.07, 6.45) is 0. The molecular formula is C9H18N2O2. The summed E-state index contributed by atoms with van der Waals surface area (Å²) in [7, 11) is 0. The zero-order valence-electron chi connectivity index (χ0n) is 8.63. The largest absolute Gasteiger partial charge is 0.352 e. The lowest BCUT2D eigenvalue weighted by Crippen LogP contribution is -2.48. The van der Waals surface area contributed by atoms with Crippen LogP contribution in [0.3, 0.4) is 0 Å². The van der Waals surface area contributed by atoms with Gasteiger partial charge < -0.3 is 11.1 Å². The average Bonchev–Trinajstić information content (AvgIpc) is 1.97. The molecule has 0 bridgehead atoms. The minimum Gasteiger partial charge on any atom is -0.352 e. The van der Waals surface area contributed by atoms with Crippen molar-refractivity contribution in [1.29, 1.82) is 0 Å². The molecule has 0 spiro atoms. The van der Waals surface area contributed by atoms with Gasteiger partial charge in [-0.1, -0.05) is 27.7 Å². The van der Waals surface area contributed by atoms with Crippen molar-refractivity contribution in [3.05, 3.63) is 0 Å². The Hall–Kier alpha value is -1.06. The van der Waals surface area contributed by atoms with E-state index >= 15 is 0 Å². The highest BCUT2D eigenvalue weighted by atomic mass is 16.2. The molecule has 0 saturated carbocycles. The molecular weight excluding hydrogens is 168 g/mol. The van der Waals surface area contributed by atoms with Gasteiger partial charge in [0.15, 0.2) is 5.78 Å². The third kappa shape index (κ3) is 3.92. The van der Waals surface area contributed by atoms with Crippen LogP contribution in [0.5, 0.6) is 0 Å². The number of carbonyl (C=O) groups excluding carboxylic acids is 2. The van der Waals surface area contributed by atoms with E-state index in [4.69, 9.17) is 5.73 Å². The Morgan fingerprint density at radius 1 is 1.15 bits per heavy atom. The number of primary amides is 1. The van der Waals surface area contributed by atoms with E-state index in [1.54, 1.807) is 13.8 Å². The number of carbonyl (C=O) groups is 2. The molecule has 0 aliphatic heterocycles. The molecule has 2 amide bonds. The smallest absolute Gasteiger partial charge is 0.312 e. The Morgan fingerprint density at radius 2 is 1.62 bits per heavy atom. The van der Waals surface area contributed by atoms with E-state index in [2.05, 4.69) is 5.32 Å². The van der Waals surface area contributed by atoms with Crippen LogP contribution in [0.2, 0.25) is 0 Å². The Kier molecular flexibility index (Phi) is 4.45. The molecule has 0 saturated heterocycles. The normalized spacial score (nSPS) is 13.1. The highest BCUT2D eigenvalue weighted by Gasteiger charge is 2.24. The second-order valence-electron chi connectivity index (χ2n) is 3.79. The van der Waals surface area contributed by atoms with Crippen LogP contribution in [0.4, 0.5) is 4.79 Å². The Labute approximate surface area is 78.9 Å². The molecule has 76 valence electrons. The van der Waals surface area contributed by atoms with Gasteiger partial charge in [-0.2, -0.15) is 0 Å². The summed E-state index contributed by atoms with van der Waals surface area (Å²) in [5.41, 5.74) is 4.97. The van der Waals surface area contributed by atoms with Crippen LogP contribution in [0.15, 0.2) is 0 Å². The topological polar surface area (TPSA) is 72.2 Å². The predicted molar refractivity (Wildman–Crippen MR) is 51.2 cm³/mol. The minimum atomic E-state index is -0.646. The molecule has 4 nitrogen and oxygen atoms in total. The van der Waals surface area contributed by atoms with Gasteiger partial charge in [-0.15, -0.1) is 0 Å². The number of nitrogens with two attached hydrogens (primary N) is 1. The van der Waals surface area contributed by atoms with E-state index in [0.717, 1.165) is 0 Å². The maximum atomic E-state index is 11.5. The zero-order valence-corrected chi connectivity index (χ0v) is 8.63. The molecule has 13 heavy (non-hydrogen) atoms. The van der Waals surface area contributed by atoms with Crippen LogP contribution in [-0.4, -0.2) is 17.9 Å². The molecule has 0 rings (SSSR count). The van der Waals surface area contributed by atoms with Gasteiger partial charge in [-0.25, -0.2) is 4.79 Å². The summed E-state index contributed by atoms with van der Waals surface area (Å²) < 4.78 is 0. The summed E-state index contributed by atoms with van der Waals surface area (Å²) in [6.45, 7) is 7.36. The SMILES string of the molecule is CC(C)C(=O)[C@@H](NC(N)=O)C(C)C. The van der Waals surface area contributed by atoms with E-state index in [1.807, 2.05) is 13.8 Å². The van der Waals surface area contributed by atoms with Crippen LogP contribution >= 0.6 is 0 Å². The average molecular weight is 186 g/mol. The standard InChI is InChI=1S/C9H18N2O2/c1-5(2)7(11-9(10)13)8(12)6(3)4/h5-7H,1-4H3,(H3,10,11,13)/t7-/m0/s1. The molecule has 0 aromatic carbocycles. The number of amides is 2. The molecule has 0 aromatic heterocycles. The molecule has 0 aliphatic carbocycles. The van der Waals surface area contributed by atoms with Crippen LogP contribution in [0.1, 0.15) is 27.7 Å². The van der Waals surface area contributed by atoms with Gasteiger partial charge in [0.05, 0.1) is 6.04 Å². The van der Waals surface area contributed by atoms with Gasteiger partial charge in [0, 0.05) is 5.92 Å². The van der Waals surface area contributed by atoms with Crippen molar-refractivity contribution in [3.8, 4) is 0 Å². The van der Waals surface area contributed by atoms with Gasteiger partial charge in [0.2, 0.25) is 0 Å². The van der Waals surface area contributed by atoms with Crippen LogP contribution in [0.25, 0.3) is 0 Å². The number of rotatable bonds is 4. The predicted octanol–water partition coefficient (Wildman–Crippen LogP) is 0.904. The van der Waals surface area contributed by atoms with Crippen molar-refractivity contribution in [3.63, 3.8) is 0 Å². The van der Waals surface area contributed by atoms with Gasteiger partial charge in [-0.3, -0.25) is 4.79 Å². The number of urea groups is 1. The van der Waals surface area contributed by atoms with E-state index < -0.39 is 12.1 Å². The lowest BCUT2D eigenvalue weighted by molar-refractivity contribution is -0.124. The van der Waals surface area contributed by atoms with Crippen molar-refractivity contribution >= 4 is 11.8 Å². The molecule has 1 atom stereocenters. The fraction of sp³-hybridized carbons (Fsp3) is 0.778. The third-order valence-electron chi connectivity index (χ3n) is 1.84. The molecule has 0 aromatic rings. The van der Waals surface area contributed by atoms with Gasteiger partial charge in [0.25, 0.3) is 0 Å². The maximum Gasteiger partial charge on any atom is 0.312 e. The van der Waals surface area contributed by atoms with Gasteiger partial charge >= 0.3 is 6.03 Å². The number of Topliss-reactive ketones (excluding diaryl/α,β-unsaturated/α-hetero) is 1. The second-order valence-corrected chi connectivity index (χ2v) is 3.79. The van der Waals surface area contributed by atoms with E-state index in [0.29, 0.717) is 0 Å². The van der Waals surface area contributed by atoms with Crippen molar-refractivity contribution in [1.82, 2.24) is 5.32 Å². The summed E-state index contributed by atoms with van der Waals surface area (Å²) >= 11 is 0. The number of hydrogen-bond acceptors (Lipinski definition) is 2. The fourth-order valence-corrected chi connectivity index (χ4v) is 1.08. The molecule has 0 unspecified atom stereocenters. The molecule has 0 aliphatic rings. The summed E-state index contributed by atoms with van der Waals surface area (Å²) in [4.78, 5) is 22.1. The lowest BCUT2D eigenvalue weighted by atomic mass is 9.93. The van der Waals surface area contributed by atoms with Gasteiger partial charge in [-0.05, 0) is 5.92 Å². The highest BCUT2D eigenvalue weighted by Crippen LogP contribution is 2.08. The lowest BCUT2D eigenvalue weighted by Gasteiger charge is -2.21. The Bertz CT molecular complexity index is 200. The Morgan fingerprint density at radius 3 is 1.85 bits per heavy atom. The zero-order chi connectivity index (χ0) is 10.6. The van der Waals surface area contributed by atoms with Crippen LogP contribution in [-0.2, 0) is 4.79 Å². The minimum absolute atomic E-state index is 0.0220. The maximum absolute atomic E-state index is 11.5. The first kappa shape index (κ1) is 11.9. The Balaban J connectivity index is 4.42. The second kappa shape index (κ2) is 4.84. The van der Waals surface area contributed by atoms with Crippen molar-refractivity contribution in [2.75, 3.05) is 0 Å². The van der Waals surface area contributed by atoms with Crippen molar-refractivity contribution < 1.29 is 9.59 Å². The van der Waals surface area contributed by atoms with Crippen LogP contribution in [0, 0.1) is 11.8 Å². The fourth-order valence-electron chi connectivity index (χ4n) is 1.08. The number of nitrogens with one attached hydrogen (secondary N) is 1. The molecule has 0 radical (unpaired) electrons. The molecule has 0 heterocycles. The third-order valence-corrected chi connectivity index (χ3v) is 1.84. The summed E-state index contributed by atoms with van der Waals surface area (Å²) in [5.74, 6) is 0.00968. The van der Waals surface area contributed by atoms with Crippen LogP contribution < -0.4 is 11.1 Å². The monoisotopic (exact) mass is 186 g/mol. The van der Waals surface area contributed by atoms with E-state index in [1.165, 1.54) is 0 Å². The first-order valence-corrected chi connectivity index (χ1v) is 4.46. The van der Waals surface area contributed by atoms with E-state index in [9.17, 15) is 9.59 Å². The van der Waals surface area contributed by atoms with Crippen molar-refractivity contribution in [2.45, 2.75) is 33.7 Å². The molecule has 0 fully saturated rings. The van der Waals surface area contributed by atoms with E-state index in [-0.39, 0.29) is 17.6 Å². The van der Waals surface area contributed by atoms with Crippen molar-refractivity contribution in [2.24, 2.45) is 17.6 Å². The summed E-state index contributed by atoms with van der Waals surface area (Å²) in [5, 5.41) is 2.45.